The lowest BCUT2D eigenvalue weighted by Gasteiger charge is -2.08. The third-order valence-corrected chi connectivity index (χ3v) is 4.08. The highest BCUT2D eigenvalue weighted by Crippen LogP contribution is 2.26. The summed E-state index contributed by atoms with van der Waals surface area (Å²) in [6, 6.07) is 15.2. The van der Waals surface area contributed by atoms with Crippen molar-refractivity contribution in [2.75, 3.05) is 11.9 Å². The normalized spacial score (nSPS) is 10.8. The van der Waals surface area contributed by atoms with Gasteiger partial charge in [0.25, 0.3) is 0 Å². The molecule has 2 heterocycles. The second kappa shape index (κ2) is 7.01. The molecule has 130 valence electrons. The molecule has 0 saturated carbocycles. The molecule has 0 atom stereocenters. The van der Waals surface area contributed by atoms with Crippen LogP contribution in [-0.2, 0) is 0 Å². The van der Waals surface area contributed by atoms with Crippen LogP contribution in [-0.4, -0.2) is 26.4 Å². The number of hydrogen-bond acceptors (Lipinski definition) is 5. The van der Waals surface area contributed by atoms with Gasteiger partial charge in [0.15, 0.2) is 5.65 Å². The first-order valence-electron chi connectivity index (χ1n) is 8.19. The number of anilines is 2. The predicted molar refractivity (Wildman–Crippen MR) is 103 cm³/mol. The average Bonchev–Trinajstić information content (AvgIpc) is 3.09. The van der Waals surface area contributed by atoms with E-state index >= 15 is 0 Å². The number of benzene rings is 2. The largest absolute Gasteiger partial charge is 0.494 e. The molecular weight excluding hydrogens is 350 g/mol. The Hall–Kier alpha value is -3.12. The smallest absolute Gasteiger partial charge is 0.168 e. The van der Waals surface area contributed by atoms with Gasteiger partial charge < -0.3 is 10.1 Å². The van der Waals surface area contributed by atoms with Crippen LogP contribution in [0.15, 0.2) is 61.1 Å². The first-order chi connectivity index (χ1) is 12.7. The van der Waals surface area contributed by atoms with Crippen molar-refractivity contribution in [2.24, 2.45) is 0 Å². The van der Waals surface area contributed by atoms with Crippen LogP contribution in [0.2, 0.25) is 5.02 Å². The minimum atomic E-state index is 0.641. The maximum absolute atomic E-state index is 6.09. The van der Waals surface area contributed by atoms with Gasteiger partial charge in [0.05, 0.1) is 23.9 Å². The van der Waals surface area contributed by atoms with Gasteiger partial charge in [0.2, 0.25) is 0 Å². The van der Waals surface area contributed by atoms with Gasteiger partial charge in [-0.15, -0.1) is 0 Å². The van der Waals surface area contributed by atoms with E-state index in [1.807, 2.05) is 55.5 Å². The fraction of sp³-hybridized carbons (Fsp3) is 0.105. The SMILES string of the molecule is CCOc1ccc(Nc2ncnc3c2cnn3-c2cccc(Cl)c2)cc1. The Morgan fingerprint density at radius 2 is 1.96 bits per heavy atom. The van der Waals surface area contributed by atoms with Gasteiger partial charge >= 0.3 is 0 Å². The summed E-state index contributed by atoms with van der Waals surface area (Å²) in [6.45, 7) is 2.60. The molecule has 4 aromatic rings. The third kappa shape index (κ3) is 3.19. The standard InChI is InChI=1S/C19H16ClN5O/c1-2-26-16-8-6-14(7-9-16)24-18-17-11-23-25(19(17)22-12-21-18)15-5-3-4-13(20)10-15/h3-12H,2H2,1H3,(H,21,22,24). The van der Waals surface area contributed by atoms with Crippen LogP contribution in [0.4, 0.5) is 11.5 Å². The molecule has 0 fully saturated rings. The average molecular weight is 366 g/mol. The number of aromatic nitrogens is 4. The number of nitrogens with zero attached hydrogens (tertiary/aromatic N) is 4. The van der Waals surface area contributed by atoms with Gasteiger partial charge in [-0.3, -0.25) is 0 Å². The first kappa shape index (κ1) is 16.4. The summed E-state index contributed by atoms with van der Waals surface area (Å²) >= 11 is 6.09. The van der Waals surface area contributed by atoms with E-state index < -0.39 is 0 Å². The maximum atomic E-state index is 6.09. The summed E-state index contributed by atoms with van der Waals surface area (Å²) < 4.78 is 7.21. The van der Waals surface area contributed by atoms with Crippen molar-refractivity contribution in [3.8, 4) is 11.4 Å². The molecule has 0 aliphatic heterocycles. The fourth-order valence-electron chi connectivity index (χ4n) is 2.68. The summed E-state index contributed by atoms with van der Waals surface area (Å²) in [6.07, 6.45) is 3.26. The molecule has 0 radical (unpaired) electrons. The summed E-state index contributed by atoms with van der Waals surface area (Å²) in [4.78, 5) is 8.73. The van der Waals surface area contributed by atoms with Crippen molar-refractivity contribution in [1.29, 1.82) is 0 Å². The van der Waals surface area contributed by atoms with Gasteiger partial charge in [-0.25, -0.2) is 14.6 Å². The molecule has 2 aromatic heterocycles. The Labute approximate surface area is 155 Å². The summed E-state index contributed by atoms with van der Waals surface area (Å²) in [5.74, 6) is 1.52. The molecule has 7 heteroatoms. The zero-order valence-electron chi connectivity index (χ0n) is 14.1. The minimum Gasteiger partial charge on any atom is -0.494 e. The lowest BCUT2D eigenvalue weighted by molar-refractivity contribution is 0.340. The van der Waals surface area contributed by atoms with Gasteiger partial charge in [-0.05, 0) is 49.4 Å². The van der Waals surface area contributed by atoms with E-state index in [4.69, 9.17) is 16.3 Å². The number of halogens is 1. The summed E-state index contributed by atoms with van der Waals surface area (Å²) in [5, 5.41) is 9.22. The zero-order chi connectivity index (χ0) is 17.9. The lowest BCUT2D eigenvalue weighted by Crippen LogP contribution is -1.99. The Balaban J connectivity index is 1.68. The van der Waals surface area contributed by atoms with Crippen LogP contribution in [0.3, 0.4) is 0 Å². The second-order valence-electron chi connectivity index (χ2n) is 5.58. The maximum Gasteiger partial charge on any atom is 0.168 e. The summed E-state index contributed by atoms with van der Waals surface area (Å²) in [5.41, 5.74) is 2.46. The van der Waals surface area contributed by atoms with Crippen LogP contribution < -0.4 is 10.1 Å². The quantitative estimate of drug-likeness (QED) is 0.559. The van der Waals surface area contributed by atoms with Crippen molar-refractivity contribution in [1.82, 2.24) is 19.7 Å². The topological polar surface area (TPSA) is 64.9 Å². The van der Waals surface area contributed by atoms with Crippen molar-refractivity contribution < 1.29 is 4.74 Å². The Bertz CT molecular complexity index is 1050. The molecule has 0 saturated heterocycles. The molecule has 0 amide bonds. The molecular formula is C19H16ClN5O. The molecule has 26 heavy (non-hydrogen) atoms. The minimum absolute atomic E-state index is 0.641. The first-order valence-corrected chi connectivity index (χ1v) is 8.57. The third-order valence-electron chi connectivity index (χ3n) is 3.85. The lowest BCUT2D eigenvalue weighted by atomic mass is 10.3. The molecule has 0 aliphatic carbocycles. The van der Waals surface area contributed by atoms with Gasteiger partial charge in [0, 0.05) is 10.7 Å². The molecule has 6 nitrogen and oxygen atoms in total. The highest BCUT2D eigenvalue weighted by Gasteiger charge is 2.11. The Morgan fingerprint density at radius 1 is 1.12 bits per heavy atom. The highest BCUT2D eigenvalue weighted by atomic mass is 35.5. The predicted octanol–water partition coefficient (Wildman–Crippen LogP) is 4.61. The van der Waals surface area contributed by atoms with Crippen LogP contribution in [0.1, 0.15) is 6.92 Å². The van der Waals surface area contributed by atoms with Gasteiger partial charge in [0.1, 0.15) is 17.9 Å². The molecule has 4 rings (SSSR count). The van der Waals surface area contributed by atoms with Crippen LogP contribution in [0, 0.1) is 0 Å². The van der Waals surface area contributed by atoms with Crippen LogP contribution in [0.5, 0.6) is 5.75 Å². The molecule has 1 N–H and O–H groups in total. The zero-order valence-corrected chi connectivity index (χ0v) is 14.8. The molecule has 0 unspecified atom stereocenters. The second-order valence-corrected chi connectivity index (χ2v) is 6.01. The van der Waals surface area contributed by atoms with Crippen molar-refractivity contribution in [2.45, 2.75) is 6.92 Å². The van der Waals surface area contributed by atoms with E-state index in [9.17, 15) is 0 Å². The number of hydrogen-bond donors (Lipinski definition) is 1. The number of ether oxygens (including phenoxy) is 1. The van der Waals surface area contributed by atoms with Crippen LogP contribution >= 0.6 is 11.6 Å². The summed E-state index contributed by atoms with van der Waals surface area (Å²) in [7, 11) is 0. The Morgan fingerprint density at radius 3 is 2.73 bits per heavy atom. The van der Waals surface area contributed by atoms with Crippen molar-refractivity contribution in [3.63, 3.8) is 0 Å². The van der Waals surface area contributed by atoms with E-state index in [0.717, 1.165) is 22.5 Å². The van der Waals surface area contributed by atoms with Crippen LogP contribution in [0.25, 0.3) is 16.7 Å². The van der Waals surface area contributed by atoms with Crippen molar-refractivity contribution >= 4 is 34.1 Å². The monoisotopic (exact) mass is 365 g/mol. The van der Waals surface area contributed by atoms with Gasteiger partial charge in [-0.2, -0.15) is 5.10 Å². The molecule has 0 bridgehead atoms. The van der Waals surface area contributed by atoms with E-state index in [-0.39, 0.29) is 0 Å². The molecule has 2 aromatic carbocycles. The fourth-order valence-corrected chi connectivity index (χ4v) is 2.86. The number of fused-ring (bicyclic) bond motifs is 1. The van der Waals surface area contributed by atoms with E-state index in [1.165, 1.54) is 6.33 Å². The number of nitrogens with one attached hydrogen (secondary N) is 1. The molecule has 0 spiro atoms. The molecule has 0 aliphatic rings. The Kier molecular flexibility index (Phi) is 4.41. The van der Waals surface area contributed by atoms with E-state index in [0.29, 0.717) is 23.1 Å². The number of rotatable bonds is 5. The van der Waals surface area contributed by atoms with Crippen molar-refractivity contribution in [3.05, 3.63) is 66.1 Å². The highest BCUT2D eigenvalue weighted by molar-refractivity contribution is 6.30. The van der Waals surface area contributed by atoms with Gasteiger partial charge in [-0.1, -0.05) is 17.7 Å². The van der Waals surface area contributed by atoms with E-state index in [2.05, 4.69) is 20.4 Å². The van der Waals surface area contributed by atoms with E-state index in [1.54, 1.807) is 10.9 Å².